The molecule has 1 aromatic rings. The molecule has 0 aliphatic heterocycles. The van der Waals surface area contributed by atoms with Crippen LogP contribution in [0.4, 0.5) is 0 Å². The number of halogens is 2. The van der Waals surface area contributed by atoms with Crippen LogP contribution in [0.2, 0.25) is 5.15 Å². The van der Waals surface area contributed by atoms with Crippen LogP contribution in [0.5, 0.6) is 0 Å². The highest BCUT2D eigenvalue weighted by atomic mass is 79.9. The molecule has 0 aliphatic carbocycles. The van der Waals surface area contributed by atoms with Gasteiger partial charge in [0.05, 0.1) is 12.2 Å². The topological polar surface area (TPSA) is 48.4 Å². The molecule has 0 N–H and O–H groups in total. The predicted molar refractivity (Wildman–Crippen MR) is 68.3 cm³/mol. The van der Waals surface area contributed by atoms with Gasteiger partial charge in [-0.05, 0) is 35.8 Å². The number of nitrogens with zero attached hydrogens (tertiary/aromatic N) is 1. The average Bonchev–Trinajstić information content (AvgIpc) is 2.29. The molecule has 94 valence electrons. The second kappa shape index (κ2) is 6.93. The van der Waals surface area contributed by atoms with Crippen LogP contribution >= 0.6 is 27.5 Å². The summed E-state index contributed by atoms with van der Waals surface area (Å²) in [6.07, 6.45) is 1.19. The Balaban J connectivity index is 2.66. The van der Waals surface area contributed by atoms with Crippen LogP contribution in [0.15, 0.2) is 16.7 Å². The molecule has 1 aromatic heterocycles. The van der Waals surface area contributed by atoms with Crippen LogP contribution in [0, 0.1) is 0 Å². The Morgan fingerprint density at radius 3 is 3.00 bits per heavy atom. The summed E-state index contributed by atoms with van der Waals surface area (Å²) >= 11 is 9.03. The Morgan fingerprint density at radius 2 is 2.35 bits per heavy atom. The number of carbonyl (C=O) groups is 1. The monoisotopic (exact) mass is 321 g/mol. The Kier molecular flexibility index (Phi) is 5.88. The van der Waals surface area contributed by atoms with Crippen molar-refractivity contribution in [3.8, 4) is 0 Å². The van der Waals surface area contributed by atoms with E-state index in [0.717, 1.165) is 0 Å². The fourth-order valence-corrected chi connectivity index (χ4v) is 1.64. The fourth-order valence-electron chi connectivity index (χ4n) is 1.13. The van der Waals surface area contributed by atoms with Crippen LogP contribution in [0.25, 0.3) is 0 Å². The van der Waals surface area contributed by atoms with Gasteiger partial charge in [-0.3, -0.25) is 0 Å². The third-order valence-electron chi connectivity index (χ3n) is 1.89. The summed E-state index contributed by atoms with van der Waals surface area (Å²) in [5, 5.41) is 0.127. The smallest absolute Gasteiger partial charge is 0.341 e. The van der Waals surface area contributed by atoms with Gasteiger partial charge < -0.3 is 9.47 Å². The zero-order valence-corrected chi connectivity index (χ0v) is 11.9. The molecule has 0 bridgehead atoms. The van der Waals surface area contributed by atoms with Crippen LogP contribution in [-0.4, -0.2) is 30.3 Å². The highest BCUT2D eigenvalue weighted by molar-refractivity contribution is 9.10. The lowest BCUT2D eigenvalue weighted by atomic mass is 10.3. The molecular weight excluding hydrogens is 309 g/mol. The molecule has 1 unspecified atom stereocenters. The van der Waals surface area contributed by atoms with Crippen molar-refractivity contribution in [3.63, 3.8) is 0 Å². The zero-order chi connectivity index (χ0) is 12.8. The first-order valence-electron chi connectivity index (χ1n) is 5.14. The first-order valence-corrected chi connectivity index (χ1v) is 6.31. The molecule has 0 spiro atoms. The van der Waals surface area contributed by atoms with Crippen molar-refractivity contribution < 1.29 is 14.3 Å². The third-order valence-corrected chi connectivity index (χ3v) is 2.63. The summed E-state index contributed by atoms with van der Waals surface area (Å²) in [4.78, 5) is 15.6. The van der Waals surface area contributed by atoms with Gasteiger partial charge in [0, 0.05) is 17.3 Å². The highest BCUT2D eigenvalue weighted by Gasteiger charge is 2.16. The minimum Gasteiger partial charge on any atom is -0.457 e. The number of carbonyl (C=O) groups excluding carboxylic acids is 1. The van der Waals surface area contributed by atoms with E-state index in [1.807, 2.05) is 6.92 Å². The number of rotatable bonds is 5. The summed E-state index contributed by atoms with van der Waals surface area (Å²) in [6.45, 7) is 4.58. The molecule has 0 aliphatic rings. The van der Waals surface area contributed by atoms with Crippen molar-refractivity contribution in [2.45, 2.75) is 20.0 Å². The third kappa shape index (κ3) is 4.61. The molecule has 0 saturated heterocycles. The van der Waals surface area contributed by atoms with Gasteiger partial charge in [0.1, 0.15) is 11.3 Å². The van der Waals surface area contributed by atoms with Crippen LogP contribution in [-0.2, 0) is 9.47 Å². The summed E-state index contributed by atoms with van der Waals surface area (Å²) in [6, 6.07) is 1.57. The summed E-state index contributed by atoms with van der Waals surface area (Å²) in [5.74, 6) is -0.504. The molecule has 1 heterocycles. The standard InChI is InChI=1S/C11H13BrClNO3/c1-3-16-6-7(2)17-11(15)9-4-8(12)5-14-10(9)13/h4-5,7H,3,6H2,1-2H3. The van der Waals surface area contributed by atoms with Crippen LogP contribution in [0.3, 0.4) is 0 Å². The number of ether oxygens (including phenoxy) is 2. The van der Waals surface area contributed by atoms with E-state index in [4.69, 9.17) is 21.1 Å². The lowest BCUT2D eigenvalue weighted by molar-refractivity contribution is 0.00437. The van der Waals surface area contributed by atoms with E-state index in [1.54, 1.807) is 13.0 Å². The Hall–Kier alpha value is -0.650. The molecule has 0 radical (unpaired) electrons. The van der Waals surface area contributed by atoms with E-state index in [-0.39, 0.29) is 16.8 Å². The van der Waals surface area contributed by atoms with Gasteiger partial charge in [-0.15, -0.1) is 0 Å². The number of hydrogen-bond donors (Lipinski definition) is 0. The summed E-state index contributed by atoms with van der Waals surface area (Å²) in [5.41, 5.74) is 0.240. The Bertz CT molecular complexity index is 400. The molecule has 0 fully saturated rings. The largest absolute Gasteiger partial charge is 0.457 e. The van der Waals surface area contributed by atoms with Gasteiger partial charge in [0.2, 0.25) is 0 Å². The minimum atomic E-state index is -0.504. The minimum absolute atomic E-state index is 0.127. The molecule has 1 rings (SSSR count). The summed E-state index contributed by atoms with van der Waals surface area (Å²) in [7, 11) is 0. The van der Waals surface area contributed by atoms with Crippen molar-refractivity contribution >= 4 is 33.5 Å². The second-order valence-corrected chi connectivity index (χ2v) is 4.64. The molecule has 6 heteroatoms. The molecule has 17 heavy (non-hydrogen) atoms. The number of pyridine rings is 1. The maximum Gasteiger partial charge on any atom is 0.341 e. The number of esters is 1. The van der Waals surface area contributed by atoms with Gasteiger partial charge in [0.25, 0.3) is 0 Å². The van der Waals surface area contributed by atoms with Gasteiger partial charge in [-0.2, -0.15) is 0 Å². The van der Waals surface area contributed by atoms with Gasteiger partial charge >= 0.3 is 5.97 Å². The van der Waals surface area contributed by atoms with E-state index in [9.17, 15) is 4.79 Å². The van der Waals surface area contributed by atoms with Crippen LogP contribution < -0.4 is 0 Å². The van der Waals surface area contributed by atoms with E-state index >= 15 is 0 Å². The normalized spacial score (nSPS) is 12.2. The first-order chi connectivity index (χ1) is 8.04. The number of aromatic nitrogens is 1. The quantitative estimate of drug-likeness (QED) is 0.617. The summed E-state index contributed by atoms with van der Waals surface area (Å²) < 4.78 is 11.0. The maximum absolute atomic E-state index is 11.8. The van der Waals surface area contributed by atoms with E-state index in [0.29, 0.717) is 17.7 Å². The molecule has 4 nitrogen and oxygen atoms in total. The Labute approximate surface area is 113 Å². The number of hydrogen-bond acceptors (Lipinski definition) is 4. The molecule has 0 amide bonds. The van der Waals surface area contributed by atoms with Crippen molar-refractivity contribution in [3.05, 3.63) is 27.5 Å². The molecule has 1 atom stereocenters. The lowest BCUT2D eigenvalue weighted by Gasteiger charge is -2.13. The molecule has 0 aromatic carbocycles. The molecular formula is C11H13BrClNO3. The lowest BCUT2D eigenvalue weighted by Crippen LogP contribution is -2.20. The van der Waals surface area contributed by atoms with Crippen LogP contribution in [0.1, 0.15) is 24.2 Å². The van der Waals surface area contributed by atoms with Gasteiger partial charge in [0.15, 0.2) is 0 Å². The first kappa shape index (κ1) is 14.4. The fraction of sp³-hybridized carbons (Fsp3) is 0.455. The average molecular weight is 323 g/mol. The van der Waals surface area contributed by atoms with Crippen molar-refractivity contribution in [2.24, 2.45) is 0 Å². The Morgan fingerprint density at radius 1 is 1.65 bits per heavy atom. The van der Waals surface area contributed by atoms with E-state index in [1.165, 1.54) is 6.20 Å². The zero-order valence-electron chi connectivity index (χ0n) is 9.57. The van der Waals surface area contributed by atoms with Gasteiger partial charge in [-0.25, -0.2) is 9.78 Å². The SMILES string of the molecule is CCOCC(C)OC(=O)c1cc(Br)cnc1Cl. The van der Waals surface area contributed by atoms with E-state index in [2.05, 4.69) is 20.9 Å². The maximum atomic E-state index is 11.8. The highest BCUT2D eigenvalue weighted by Crippen LogP contribution is 2.19. The second-order valence-electron chi connectivity index (χ2n) is 3.37. The van der Waals surface area contributed by atoms with E-state index < -0.39 is 5.97 Å². The van der Waals surface area contributed by atoms with Crippen molar-refractivity contribution in [1.29, 1.82) is 0 Å². The van der Waals surface area contributed by atoms with Gasteiger partial charge in [-0.1, -0.05) is 11.6 Å². The van der Waals surface area contributed by atoms with Crippen molar-refractivity contribution in [1.82, 2.24) is 4.98 Å². The van der Waals surface area contributed by atoms with Crippen molar-refractivity contribution in [2.75, 3.05) is 13.2 Å². The predicted octanol–water partition coefficient (Wildman–Crippen LogP) is 3.08. The molecule has 0 saturated carbocycles.